The number of nitrogens with one attached hydrogen (secondary N) is 2. The molecule has 52 heavy (non-hydrogen) atoms. The number of ketones is 2. The number of aromatic nitrogens is 2. The van der Waals surface area contributed by atoms with Gasteiger partial charge in [-0.1, -0.05) is 0 Å². The molecule has 2 aliphatic rings. The van der Waals surface area contributed by atoms with Crippen LogP contribution in [-0.4, -0.2) is 91.0 Å². The number of ether oxygens (including phenoxy) is 2. The highest BCUT2D eigenvalue weighted by molar-refractivity contribution is 6.05. The lowest BCUT2D eigenvalue weighted by Gasteiger charge is -2.36. The van der Waals surface area contributed by atoms with Crippen LogP contribution in [0.25, 0.3) is 22.0 Å². The molecule has 1 aliphatic carbocycles. The molecule has 4 aromatic rings. The van der Waals surface area contributed by atoms with Crippen LogP contribution >= 0.6 is 0 Å². The molecule has 276 valence electrons. The number of pyridine rings is 1. The van der Waals surface area contributed by atoms with Crippen LogP contribution in [0.15, 0.2) is 59.7 Å². The average molecular weight is 711 g/mol. The summed E-state index contributed by atoms with van der Waals surface area (Å²) in [5.41, 5.74) is 5.36. The lowest BCUT2D eigenvalue weighted by molar-refractivity contribution is -0.130. The zero-order chi connectivity index (χ0) is 36.8. The molecule has 2 N–H and O–H groups in total. The fourth-order valence-electron chi connectivity index (χ4n) is 7.39. The number of aryl methyl sites for hydroxylation is 2. The molecule has 2 fully saturated rings. The van der Waals surface area contributed by atoms with Gasteiger partial charge in [0.2, 0.25) is 5.91 Å². The molecule has 12 nitrogen and oxygen atoms in total. The van der Waals surface area contributed by atoms with Gasteiger partial charge in [0.25, 0.3) is 5.56 Å². The van der Waals surface area contributed by atoms with Gasteiger partial charge >= 0.3 is 0 Å². The van der Waals surface area contributed by atoms with E-state index >= 15 is 0 Å². The van der Waals surface area contributed by atoms with E-state index in [1.165, 1.54) is 0 Å². The van der Waals surface area contributed by atoms with Gasteiger partial charge in [-0.25, -0.2) is 0 Å². The zero-order valence-corrected chi connectivity index (χ0v) is 30.7. The van der Waals surface area contributed by atoms with Crippen LogP contribution in [0.2, 0.25) is 0 Å². The smallest absolute Gasteiger partial charge is 0.274 e. The Labute approximate surface area is 304 Å². The first-order valence-corrected chi connectivity index (χ1v) is 18.2. The number of fused-ring (bicyclic) bond motifs is 1. The normalized spacial score (nSPS) is 16.7. The summed E-state index contributed by atoms with van der Waals surface area (Å²) in [7, 11) is 6.90. The predicted octanol–water partition coefficient (Wildman–Crippen LogP) is 4.32. The third-order valence-corrected chi connectivity index (χ3v) is 10.3. The van der Waals surface area contributed by atoms with Crippen LogP contribution in [0.4, 0.5) is 11.4 Å². The second-order valence-electron chi connectivity index (χ2n) is 13.9. The first-order chi connectivity index (χ1) is 25.1. The Kier molecular flexibility index (Phi) is 11.6. The van der Waals surface area contributed by atoms with E-state index in [1.807, 2.05) is 54.3 Å². The van der Waals surface area contributed by atoms with E-state index in [0.717, 1.165) is 72.6 Å². The minimum Gasteiger partial charge on any atom is -0.496 e. The lowest BCUT2D eigenvalue weighted by atomic mass is 9.93. The molecule has 2 aromatic carbocycles. The van der Waals surface area contributed by atoms with E-state index in [2.05, 4.69) is 32.6 Å². The number of piperazine rings is 1. The van der Waals surface area contributed by atoms with E-state index in [-0.39, 0.29) is 35.5 Å². The third-order valence-electron chi connectivity index (χ3n) is 10.3. The van der Waals surface area contributed by atoms with Crippen LogP contribution < -0.4 is 30.6 Å². The predicted molar refractivity (Wildman–Crippen MR) is 204 cm³/mol. The molecule has 1 unspecified atom stereocenters. The average Bonchev–Trinajstić information content (AvgIpc) is 3.54. The fourth-order valence-corrected chi connectivity index (χ4v) is 7.39. The summed E-state index contributed by atoms with van der Waals surface area (Å²) in [6.07, 6.45) is 7.37. The second-order valence-corrected chi connectivity index (χ2v) is 13.9. The minimum absolute atomic E-state index is 0.0223. The Hall–Kier alpha value is -5.10. The molecule has 3 heterocycles. The number of Topliss-reactive ketones (excluding diaryl/α,β-unsaturated/α-hetero) is 2. The van der Waals surface area contributed by atoms with Gasteiger partial charge < -0.3 is 34.1 Å². The zero-order valence-electron chi connectivity index (χ0n) is 30.7. The Morgan fingerprint density at radius 3 is 2.29 bits per heavy atom. The van der Waals surface area contributed by atoms with Crippen molar-refractivity contribution in [2.24, 2.45) is 14.1 Å². The summed E-state index contributed by atoms with van der Waals surface area (Å²) < 4.78 is 15.0. The summed E-state index contributed by atoms with van der Waals surface area (Å²) in [6, 6.07) is 13.8. The van der Waals surface area contributed by atoms with Crippen LogP contribution in [0, 0.1) is 0 Å². The molecule has 0 bridgehead atoms. The SMILES string of the molecule is COc1cc(-c2cn(C)c(=O)c3c2ccn3C)cc(OC)c1CCCC(=O)NCCCN1CCN(c2ccc(NC3CCC(=O)CC3=O)cc2)CC1. The quantitative estimate of drug-likeness (QED) is 0.145. The van der Waals surface area contributed by atoms with E-state index in [4.69, 9.17) is 9.47 Å². The van der Waals surface area contributed by atoms with Crippen molar-refractivity contribution >= 4 is 39.8 Å². The Bertz CT molecular complexity index is 1950. The molecule has 1 saturated heterocycles. The largest absolute Gasteiger partial charge is 0.496 e. The van der Waals surface area contributed by atoms with E-state index < -0.39 is 0 Å². The molecular weight excluding hydrogens is 660 g/mol. The number of carbonyl (C=O) groups excluding carboxylic acids is 3. The molecule has 0 spiro atoms. The van der Waals surface area contributed by atoms with Crippen molar-refractivity contribution in [2.75, 3.05) is 63.7 Å². The van der Waals surface area contributed by atoms with Gasteiger partial charge in [0, 0.05) is 99.9 Å². The number of nitrogens with zero attached hydrogens (tertiary/aromatic N) is 4. The highest BCUT2D eigenvalue weighted by Gasteiger charge is 2.27. The number of hydrogen-bond donors (Lipinski definition) is 2. The number of rotatable bonds is 14. The van der Waals surface area contributed by atoms with Crippen LogP contribution in [0.1, 0.15) is 44.1 Å². The highest BCUT2D eigenvalue weighted by Crippen LogP contribution is 2.38. The molecule has 2 aromatic heterocycles. The van der Waals surface area contributed by atoms with Crippen molar-refractivity contribution in [2.45, 2.75) is 51.0 Å². The number of amides is 1. The fraction of sp³-hybridized carbons (Fsp3) is 0.450. The maximum absolute atomic E-state index is 12.8. The number of carbonyl (C=O) groups is 3. The number of hydrogen-bond acceptors (Lipinski definition) is 9. The Morgan fingerprint density at radius 2 is 1.62 bits per heavy atom. The standard InChI is InChI=1S/C40H50N6O6/c1-43-18-15-31-33(26-44(2)40(50)39(31)43)27-23-36(51-3)32(37(24-27)52-4)7-5-8-38(49)41-16-6-17-45-19-21-46(22-20-45)29-11-9-28(10-12-29)42-34-14-13-30(47)25-35(34)48/h9-12,15,18,23-24,26,34,42H,5-8,13-14,16-17,19-22,25H2,1-4H3,(H,41,49). The third kappa shape index (κ3) is 8.33. The summed E-state index contributed by atoms with van der Waals surface area (Å²) >= 11 is 0. The monoisotopic (exact) mass is 710 g/mol. The summed E-state index contributed by atoms with van der Waals surface area (Å²) in [5.74, 6) is 1.43. The first kappa shape index (κ1) is 36.7. The molecule has 0 radical (unpaired) electrons. The topological polar surface area (TPSA) is 127 Å². The van der Waals surface area contributed by atoms with Gasteiger partial charge in [0.1, 0.15) is 22.8 Å². The van der Waals surface area contributed by atoms with Crippen molar-refractivity contribution in [3.05, 3.63) is 70.8 Å². The summed E-state index contributed by atoms with van der Waals surface area (Å²) in [6.45, 7) is 5.34. The first-order valence-electron chi connectivity index (χ1n) is 18.2. The van der Waals surface area contributed by atoms with Gasteiger partial charge in [-0.3, -0.25) is 24.1 Å². The molecule has 12 heteroatoms. The van der Waals surface area contributed by atoms with Gasteiger partial charge in [-0.15, -0.1) is 0 Å². The van der Waals surface area contributed by atoms with Gasteiger partial charge in [0.05, 0.1) is 26.7 Å². The lowest BCUT2D eigenvalue weighted by Crippen LogP contribution is -2.47. The number of benzene rings is 2. The molecule has 1 amide bonds. The summed E-state index contributed by atoms with van der Waals surface area (Å²) in [5, 5.41) is 7.25. The van der Waals surface area contributed by atoms with Crippen LogP contribution in [-0.2, 0) is 34.9 Å². The Morgan fingerprint density at radius 1 is 0.904 bits per heavy atom. The highest BCUT2D eigenvalue weighted by atomic mass is 16.5. The van der Waals surface area contributed by atoms with Crippen molar-refractivity contribution in [1.29, 1.82) is 0 Å². The minimum atomic E-state index is -0.281. The molecular formula is C40H50N6O6. The van der Waals surface area contributed by atoms with Crippen molar-refractivity contribution in [3.63, 3.8) is 0 Å². The maximum Gasteiger partial charge on any atom is 0.274 e. The van der Waals surface area contributed by atoms with Crippen molar-refractivity contribution in [1.82, 2.24) is 19.4 Å². The van der Waals surface area contributed by atoms with Crippen LogP contribution in [0.3, 0.4) is 0 Å². The molecule has 1 saturated carbocycles. The van der Waals surface area contributed by atoms with E-state index in [9.17, 15) is 19.2 Å². The molecule has 1 aliphatic heterocycles. The van der Waals surface area contributed by atoms with E-state index in [0.29, 0.717) is 55.7 Å². The summed E-state index contributed by atoms with van der Waals surface area (Å²) in [4.78, 5) is 54.0. The van der Waals surface area contributed by atoms with Crippen LogP contribution in [0.5, 0.6) is 11.5 Å². The van der Waals surface area contributed by atoms with Crippen molar-refractivity contribution < 1.29 is 23.9 Å². The van der Waals surface area contributed by atoms with Gasteiger partial charge in [-0.2, -0.15) is 0 Å². The number of methoxy groups -OCH3 is 2. The number of anilines is 2. The van der Waals surface area contributed by atoms with Gasteiger partial charge in [-0.05, 0) is 80.3 Å². The Balaban J connectivity index is 0.922. The van der Waals surface area contributed by atoms with Gasteiger partial charge in [0.15, 0.2) is 5.78 Å². The maximum atomic E-state index is 12.8. The second kappa shape index (κ2) is 16.5. The molecule has 6 rings (SSSR count). The molecule has 1 atom stereocenters. The van der Waals surface area contributed by atoms with Crippen molar-refractivity contribution in [3.8, 4) is 22.6 Å². The van der Waals surface area contributed by atoms with E-state index in [1.54, 1.807) is 25.8 Å².